The van der Waals surface area contributed by atoms with Crippen LogP contribution in [0.4, 0.5) is 0 Å². The standard InChI is InChI=1S/C15H30N2O/c1-3-5-6-7-8-9-10-11-14-16-12-13-17(14)15(18)4-2/h15,18H,3-13H2,1-2H3. The first kappa shape index (κ1) is 15.5. The minimum atomic E-state index is -0.323. The van der Waals surface area contributed by atoms with E-state index in [0.29, 0.717) is 0 Å². The highest BCUT2D eigenvalue weighted by Crippen LogP contribution is 2.15. The molecule has 0 aromatic rings. The number of hydrogen-bond acceptors (Lipinski definition) is 3. The Bertz CT molecular complexity index is 241. The van der Waals surface area contributed by atoms with Crippen molar-refractivity contribution in [3.8, 4) is 0 Å². The maximum Gasteiger partial charge on any atom is 0.127 e. The van der Waals surface area contributed by atoms with Gasteiger partial charge in [-0.05, 0) is 12.8 Å². The molecule has 1 aliphatic heterocycles. The Kier molecular flexibility index (Phi) is 8.06. The minimum Gasteiger partial charge on any atom is -0.374 e. The van der Waals surface area contributed by atoms with Gasteiger partial charge in [-0.3, -0.25) is 4.99 Å². The molecule has 3 heteroatoms. The summed E-state index contributed by atoms with van der Waals surface area (Å²) in [4.78, 5) is 6.60. The van der Waals surface area contributed by atoms with Crippen molar-refractivity contribution < 1.29 is 5.11 Å². The Morgan fingerprint density at radius 1 is 1.11 bits per heavy atom. The largest absolute Gasteiger partial charge is 0.374 e. The Hall–Kier alpha value is -0.570. The maximum atomic E-state index is 9.87. The highest BCUT2D eigenvalue weighted by atomic mass is 16.3. The molecule has 0 saturated heterocycles. The molecule has 0 saturated carbocycles. The van der Waals surface area contributed by atoms with E-state index < -0.39 is 0 Å². The van der Waals surface area contributed by atoms with Gasteiger partial charge in [0.05, 0.1) is 6.54 Å². The van der Waals surface area contributed by atoms with Gasteiger partial charge in [-0.2, -0.15) is 0 Å². The lowest BCUT2D eigenvalue weighted by atomic mass is 10.1. The second kappa shape index (κ2) is 9.37. The number of aliphatic hydroxyl groups excluding tert-OH is 1. The molecule has 0 aliphatic carbocycles. The van der Waals surface area contributed by atoms with E-state index in [1.807, 2.05) is 6.92 Å². The van der Waals surface area contributed by atoms with Crippen molar-refractivity contribution >= 4 is 5.84 Å². The lowest BCUT2D eigenvalue weighted by molar-refractivity contribution is 0.0558. The van der Waals surface area contributed by atoms with E-state index in [1.165, 1.54) is 44.9 Å². The third kappa shape index (κ3) is 5.38. The zero-order valence-electron chi connectivity index (χ0n) is 12.2. The van der Waals surface area contributed by atoms with Crippen LogP contribution in [0.3, 0.4) is 0 Å². The van der Waals surface area contributed by atoms with Crippen LogP contribution in [-0.4, -0.2) is 35.2 Å². The molecule has 1 unspecified atom stereocenters. The van der Waals surface area contributed by atoms with Gasteiger partial charge in [-0.25, -0.2) is 0 Å². The first-order valence-electron chi connectivity index (χ1n) is 7.77. The quantitative estimate of drug-likeness (QED) is 0.605. The third-order valence-electron chi connectivity index (χ3n) is 3.70. The topological polar surface area (TPSA) is 35.8 Å². The fraction of sp³-hybridized carbons (Fsp3) is 0.933. The van der Waals surface area contributed by atoms with Crippen LogP contribution in [0.15, 0.2) is 4.99 Å². The van der Waals surface area contributed by atoms with Gasteiger partial charge in [-0.1, -0.05) is 52.4 Å². The summed E-state index contributed by atoms with van der Waals surface area (Å²) in [5.74, 6) is 1.14. The van der Waals surface area contributed by atoms with Crippen molar-refractivity contribution in [2.45, 2.75) is 77.9 Å². The number of amidine groups is 1. The van der Waals surface area contributed by atoms with Crippen LogP contribution >= 0.6 is 0 Å². The number of unbranched alkanes of at least 4 members (excludes halogenated alkanes) is 6. The van der Waals surface area contributed by atoms with Crippen molar-refractivity contribution in [2.75, 3.05) is 13.1 Å². The zero-order valence-corrected chi connectivity index (χ0v) is 12.2. The SMILES string of the molecule is CCCCCCCCCC1=NCCN1C(O)CC. The molecule has 0 spiro atoms. The van der Waals surface area contributed by atoms with Gasteiger partial charge in [0, 0.05) is 13.0 Å². The van der Waals surface area contributed by atoms with Gasteiger partial charge in [0.15, 0.2) is 0 Å². The van der Waals surface area contributed by atoms with Crippen LogP contribution in [0.25, 0.3) is 0 Å². The highest BCUT2D eigenvalue weighted by molar-refractivity contribution is 5.83. The summed E-state index contributed by atoms with van der Waals surface area (Å²) < 4.78 is 0. The molecule has 3 nitrogen and oxygen atoms in total. The smallest absolute Gasteiger partial charge is 0.127 e. The van der Waals surface area contributed by atoms with Crippen molar-refractivity contribution in [1.82, 2.24) is 4.90 Å². The average Bonchev–Trinajstić information content (AvgIpc) is 2.85. The molecular weight excluding hydrogens is 224 g/mol. The molecule has 1 atom stereocenters. The first-order chi connectivity index (χ1) is 8.79. The molecule has 18 heavy (non-hydrogen) atoms. The van der Waals surface area contributed by atoms with E-state index in [0.717, 1.165) is 31.8 Å². The predicted octanol–water partition coefficient (Wildman–Crippen LogP) is 3.57. The van der Waals surface area contributed by atoms with E-state index >= 15 is 0 Å². The lowest BCUT2D eigenvalue weighted by Gasteiger charge is -2.25. The van der Waals surface area contributed by atoms with Crippen molar-refractivity contribution in [1.29, 1.82) is 0 Å². The molecule has 0 fully saturated rings. The predicted molar refractivity (Wildman–Crippen MR) is 77.9 cm³/mol. The summed E-state index contributed by atoms with van der Waals surface area (Å²) in [6.07, 6.45) is 10.8. The molecule has 0 amide bonds. The molecule has 106 valence electrons. The normalized spacial score (nSPS) is 17.1. The molecule has 0 radical (unpaired) electrons. The monoisotopic (exact) mass is 254 g/mol. The van der Waals surface area contributed by atoms with E-state index in [2.05, 4.69) is 16.8 Å². The van der Waals surface area contributed by atoms with Crippen LogP contribution in [-0.2, 0) is 0 Å². The molecule has 1 heterocycles. The second-order valence-electron chi connectivity index (χ2n) is 5.25. The Balaban J connectivity index is 2.08. The lowest BCUT2D eigenvalue weighted by Crippen LogP contribution is -2.37. The highest BCUT2D eigenvalue weighted by Gasteiger charge is 2.21. The maximum absolute atomic E-state index is 9.87. The summed E-state index contributed by atoms with van der Waals surface area (Å²) in [5, 5.41) is 9.87. The fourth-order valence-electron chi connectivity index (χ4n) is 2.51. The average molecular weight is 254 g/mol. The molecule has 1 aliphatic rings. The number of rotatable bonds is 10. The van der Waals surface area contributed by atoms with Gasteiger partial charge in [0.1, 0.15) is 12.1 Å². The minimum absolute atomic E-state index is 0.323. The van der Waals surface area contributed by atoms with E-state index in [1.54, 1.807) is 0 Å². The first-order valence-corrected chi connectivity index (χ1v) is 7.77. The molecule has 0 aromatic heterocycles. The number of nitrogens with zero attached hydrogens (tertiary/aromatic N) is 2. The van der Waals surface area contributed by atoms with Crippen LogP contribution in [0, 0.1) is 0 Å². The third-order valence-corrected chi connectivity index (χ3v) is 3.70. The summed E-state index contributed by atoms with van der Waals surface area (Å²) in [6, 6.07) is 0. The van der Waals surface area contributed by atoms with Crippen LogP contribution in [0.5, 0.6) is 0 Å². The van der Waals surface area contributed by atoms with Gasteiger partial charge in [0.2, 0.25) is 0 Å². The van der Waals surface area contributed by atoms with E-state index in [9.17, 15) is 5.11 Å². The van der Waals surface area contributed by atoms with Gasteiger partial charge in [-0.15, -0.1) is 0 Å². The Labute approximate surface area is 112 Å². The van der Waals surface area contributed by atoms with E-state index in [-0.39, 0.29) is 6.23 Å². The van der Waals surface area contributed by atoms with Crippen LogP contribution in [0.2, 0.25) is 0 Å². The van der Waals surface area contributed by atoms with Crippen LogP contribution < -0.4 is 0 Å². The number of hydrogen-bond donors (Lipinski definition) is 1. The second-order valence-corrected chi connectivity index (χ2v) is 5.25. The number of aliphatic hydroxyl groups is 1. The molecule has 1 N–H and O–H groups in total. The summed E-state index contributed by atoms with van der Waals surface area (Å²) >= 11 is 0. The molecule has 0 aromatic carbocycles. The molecule has 1 rings (SSSR count). The summed E-state index contributed by atoms with van der Waals surface area (Å²) in [6.45, 7) is 6.05. The van der Waals surface area contributed by atoms with Gasteiger partial charge < -0.3 is 10.0 Å². The van der Waals surface area contributed by atoms with Crippen molar-refractivity contribution in [3.63, 3.8) is 0 Å². The van der Waals surface area contributed by atoms with Gasteiger partial charge >= 0.3 is 0 Å². The zero-order chi connectivity index (χ0) is 13.2. The van der Waals surface area contributed by atoms with Gasteiger partial charge in [0.25, 0.3) is 0 Å². The van der Waals surface area contributed by atoms with Crippen molar-refractivity contribution in [2.24, 2.45) is 4.99 Å². The van der Waals surface area contributed by atoms with E-state index in [4.69, 9.17) is 0 Å². The summed E-state index contributed by atoms with van der Waals surface area (Å²) in [5.41, 5.74) is 0. The molecular formula is C15H30N2O. The van der Waals surface area contributed by atoms with Crippen molar-refractivity contribution in [3.05, 3.63) is 0 Å². The number of aliphatic imine (C=N–C) groups is 1. The van der Waals surface area contributed by atoms with Crippen LogP contribution in [0.1, 0.15) is 71.6 Å². The fourth-order valence-corrected chi connectivity index (χ4v) is 2.51. The Morgan fingerprint density at radius 2 is 1.78 bits per heavy atom. The Morgan fingerprint density at radius 3 is 2.44 bits per heavy atom. The summed E-state index contributed by atoms with van der Waals surface area (Å²) in [7, 11) is 0. The molecule has 0 bridgehead atoms.